The highest BCUT2D eigenvalue weighted by atomic mass is 32.2. The van der Waals surface area contributed by atoms with Gasteiger partial charge in [0.2, 0.25) is 5.91 Å². The van der Waals surface area contributed by atoms with Crippen molar-refractivity contribution in [3.05, 3.63) is 20.8 Å². The monoisotopic (exact) mass is 437 g/mol. The van der Waals surface area contributed by atoms with Crippen molar-refractivity contribution in [2.75, 3.05) is 22.9 Å². The fourth-order valence-electron chi connectivity index (χ4n) is 4.22. The van der Waals surface area contributed by atoms with Gasteiger partial charge in [0.25, 0.3) is 11.5 Å². The Morgan fingerprint density at radius 2 is 2.07 bits per heavy atom. The van der Waals surface area contributed by atoms with Crippen LogP contribution in [0.25, 0.3) is 0 Å². The fourth-order valence-corrected chi connectivity index (χ4v) is 5.64. The highest BCUT2D eigenvalue weighted by molar-refractivity contribution is 8.01. The Kier molecular flexibility index (Phi) is 6.35. The van der Waals surface area contributed by atoms with Crippen LogP contribution in [0.5, 0.6) is 0 Å². The highest BCUT2D eigenvalue weighted by Crippen LogP contribution is 2.47. The molecule has 0 saturated carbocycles. The quantitative estimate of drug-likeness (QED) is 0.664. The molecule has 1 aromatic rings. The van der Waals surface area contributed by atoms with Crippen LogP contribution in [0.4, 0.5) is 11.5 Å². The largest absolute Gasteiger partial charge is 0.383 e. The molecule has 166 valence electrons. The second-order valence-corrected chi connectivity index (χ2v) is 10.1. The molecule has 2 saturated heterocycles. The summed E-state index contributed by atoms with van der Waals surface area (Å²) in [6.07, 6.45) is 2.69. The average molecular weight is 438 g/mol. The van der Waals surface area contributed by atoms with E-state index in [0.29, 0.717) is 31.6 Å². The summed E-state index contributed by atoms with van der Waals surface area (Å²) in [5.74, 6) is 0.155. The van der Waals surface area contributed by atoms with Crippen LogP contribution in [-0.2, 0) is 16.1 Å². The third-order valence-electron chi connectivity index (χ3n) is 5.76. The van der Waals surface area contributed by atoms with Gasteiger partial charge in [0.1, 0.15) is 11.9 Å². The van der Waals surface area contributed by atoms with E-state index in [9.17, 15) is 19.2 Å². The molecule has 0 unspecified atom stereocenters. The lowest BCUT2D eigenvalue weighted by atomic mass is 10.1. The summed E-state index contributed by atoms with van der Waals surface area (Å²) in [6.45, 7) is 8.46. The minimum Gasteiger partial charge on any atom is -0.383 e. The van der Waals surface area contributed by atoms with Gasteiger partial charge in [-0.25, -0.2) is 4.79 Å². The maximum atomic E-state index is 13.6. The van der Waals surface area contributed by atoms with E-state index in [2.05, 4.69) is 4.98 Å². The number of amides is 2. The number of nitrogens with one attached hydrogen (secondary N) is 1. The van der Waals surface area contributed by atoms with Gasteiger partial charge in [-0.15, -0.1) is 11.8 Å². The molecule has 2 atom stereocenters. The summed E-state index contributed by atoms with van der Waals surface area (Å²) in [7, 11) is 0. The Morgan fingerprint density at radius 3 is 2.70 bits per heavy atom. The number of unbranched alkanes of at least 4 members (excludes halogenated alkanes) is 1. The van der Waals surface area contributed by atoms with Crippen LogP contribution < -0.4 is 21.9 Å². The van der Waals surface area contributed by atoms with Crippen LogP contribution in [0.15, 0.2) is 9.59 Å². The predicted molar refractivity (Wildman–Crippen MR) is 119 cm³/mol. The number of aromatic nitrogens is 2. The molecule has 2 fully saturated rings. The summed E-state index contributed by atoms with van der Waals surface area (Å²) in [5.41, 5.74) is 5.00. The number of thioether (sulfide) groups is 1. The number of nitrogen functional groups attached to an aromatic ring is 1. The van der Waals surface area contributed by atoms with Gasteiger partial charge < -0.3 is 15.5 Å². The number of H-pyrrole nitrogens is 1. The second-order valence-electron chi connectivity index (χ2n) is 8.61. The van der Waals surface area contributed by atoms with Crippen molar-refractivity contribution in [1.82, 2.24) is 14.5 Å². The zero-order valence-electron chi connectivity index (χ0n) is 18.1. The maximum Gasteiger partial charge on any atom is 0.330 e. The Hall–Kier alpha value is -2.23. The van der Waals surface area contributed by atoms with Crippen molar-refractivity contribution < 1.29 is 9.59 Å². The summed E-state index contributed by atoms with van der Waals surface area (Å²) in [6, 6.07) is -0.649. The number of rotatable bonds is 7. The molecule has 3 N–H and O–H groups in total. The van der Waals surface area contributed by atoms with Gasteiger partial charge in [-0.2, -0.15) is 0 Å². The van der Waals surface area contributed by atoms with Gasteiger partial charge in [0.05, 0.1) is 4.87 Å². The molecular weight excluding hydrogens is 406 g/mol. The number of carbonyl (C=O) groups excluding carboxylic acids is 2. The number of nitrogens with two attached hydrogens (primary N) is 1. The standard InChI is InChI=1S/C20H31N5O4S/c1-5-6-9-23-16(21)15(17(27)22-19(23)29)24(10-12(2)3)18(28)13-11-30-20(4)8-7-14(26)25(13)20/h12-13H,5-11,21H2,1-4H3,(H,22,27,29)/t13-,20-/m0/s1. The molecule has 0 aliphatic carbocycles. The smallest absolute Gasteiger partial charge is 0.330 e. The van der Waals surface area contributed by atoms with Crippen molar-refractivity contribution >= 4 is 35.1 Å². The number of fused-ring (bicyclic) bond motifs is 1. The number of carbonyl (C=O) groups is 2. The first kappa shape index (κ1) is 22.5. The summed E-state index contributed by atoms with van der Waals surface area (Å²) >= 11 is 1.60. The number of hydrogen-bond donors (Lipinski definition) is 2. The van der Waals surface area contributed by atoms with Crippen molar-refractivity contribution in [2.24, 2.45) is 5.92 Å². The Bertz CT molecular complexity index is 955. The topological polar surface area (TPSA) is 121 Å². The van der Waals surface area contributed by atoms with Gasteiger partial charge in [-0.05, 0) is 25.7 Å². The van der Waals surface area contributed by atoms with E-state index in [1.807, 2.05) is 27.7 Å². The lowest BCUT2D eigenvalue weighted by molar-refractivity contribution is -0.136. The predicted octanol–water partition coefficient (Wildman–Crippen LogP) is 1.36. The first-order valence-electron chi connectivity index (χ1n) is 10.5. The minimum atomic E-state index is -0.680. The fraction of sp³-hybridized carbons (Fsp3) is 0.700. The molecule has 0 radical (unpaired) electrons. The lowest BCUT2D eigenvalue weighted by Crippen LogP contribution is -2.53. The second kappa shape index (κ2) is 8.49. The molecule has 3 rings (SSSR count). The molecule has 30 heavy (non-hydrogen) atoms. The Labute approximate surface area is 180 Å². The van der Waals surface area contributed by atoms with Crippen molar-refractivity contribution in [1.29, 1.82) is 0 Å². The minimum absolute atomic E-state index is 0.00495. The zero-order valence-corrected chi connectivity index (χ0v) is 18.9. The molecule has 0 aromatic carbocycles. The van der Waals surface area contributed by atoms with Crippen LogP contribution >= 0.6 is 11.8 Å². The van der Waals surface area contributed by atoms with Crippen LogP contribution in [0.2, 0.25) is 0 Å². The van der Waals surface area contributed by atoms with E-state index in [1.54, 1.807) is 16.7 Å². The SMILES string of the molecule is CCCCn1c(N)c(N(CC(C)C)C(=O)[C@@H]2CS[C@@]3(C)CCC(=O)N23)c(=O)[nH]c1=O. The third kappa shape index (κ3) is 3.89. The van der Waals surface area contributed by atoms with Crippen molar-refractivity contribution in [2.45, 2.75) is 70.8 Å². The number of anilines is 2. The molecule has 2 amide bonds. The van der Waals surface area contributed by atoms with E-state index < -0.39 is 22.2 Å². The summed E-state index contributed by atoms with van der Waals surface area (Å²) < 4.78 is 1.31. The number of aromatic amines is 1. The van der Waals surface area contributed by atoms with E-state index >= 15 is 0 Å². The molecule has 3 heterocycles. The molecule has 0 bridgehead atoms. The summed E-state index contributed by atoms with van der Waals surface area (Å²) in [5, 5.41) is 0. The van der Waals surface area contributed by atoms with Crippen LogP contribution in [0.3, 0.4) is 0 Å². The zero-order chi connectivity index (χ0) is 22.2. The first-order valence-corrected chi connectivity index (χ1v) is 11.5. The van der Waals surface area contributed by atoms with Crippen molar-refractivity contribution in [3.8, 4) is 0 Å². The van der Waals surface area contributed by atoms with E-state index in [4.69, 9.17) is 5.73 Å². The lowest BCUT2D eigenvalue weighted by Gasteiger charge is -2.34. The van der Waals surface area contributed by atoms with Gasteiger partial charge in [0.15, 0.2) is 5.69 Å². The molecule has 2 aliphatic rings. The molecule has 2 aliphatic heterocycles. The molecule has 10 heteroatoms. The van der Waals surface area contributed by atoms with Gasteiger partial charge in [-0.1, -0.05) is 27.2 Å². The first-order chi connectivity index (χ1) is 14.1. The Morgan fingerprint density at radius 1 is 1.37 bits per heavy atom. The van der Waals surface area contributed by atoms with Gasteiger partial charge >= 0.3 is 5.69 Å². The molecular formula is C20H31N5O4S. The van der Waals surface area contributed by atoms with E-state index in [1.165, 1.54) is 9.47 Å². The highest BCUT2D eigenvalue weighted by Gasteiger charge is 2.54. The van der Waals surface area contributed by atoms with Gasteiger partial charge in [0, 0.05) is 25.3 Å². The normalized spacial score (nSPS) is 23.3. The third-order valence-corrected chi connectivity index (χ3v) is 7.27. The van der Waals surface area contributed by atoms with E-state index in [0.717, 1.165) is 6.42 Å². The molecule has 9 nitrogen and oxygen atoms in total. The van der Waals surface area contributed by atoms with E-state index in [-0.39, 0.29) is 35.8 Å². The van der Waals surface area contributed by atoms with Crippen LogP contribution in [0.1, 0.15) is 53.4 Å². The van der Waals surface area contributed by atoms with Crippen molar-refractivity contribution in [3.63, 3.8) is 0 Å². The average Bonchev–Trinajstić information content (AvgIpc) is 3.15. The van der Waals surface area contributed by atoms with Crippen LogP contribution in [0, 0.1) is 5.92 Å². The van der Waals surface area contributed by atoms with Crippen LogP contribution in [-0.4, -0.2) is 49.5 Å². The molecule has 0 spiro atoms. The maximum absolute atomic E-state index is 13.6. The number of nitrogens with zero attached hydrogens (tertiary/aromatic N) is 3. The Balaban J connectivity index is 2.05. The number of hydrogen-bond acceptors (Lipinski definition) is 6. The van der Waals surface area contributed by atoms with Gasteiger partial charge in [-0.3, -0.25) is 23.9 Å². The summed E-state index contributed by atoms with van der Waals surface area (Å²) in [4.78, 5) is 56.2. The molecule has 1 aromatic heterocycles.